The summed E-state index contributed by atoms with van der Waals surface area (Å²) in [5.74, 6) is 1.99. The van der Waals surface area contributed by atoms with Crippen LogP contribution in [0.15, 0.2) is 9.52 Å². The van der Waals surface area contributed by atoms with Gasteiger partial charge in [0, 0.05) is 27.1 Å². The van der Waals surface area contributed by atoms with E-state index in [1.54, 1.807) is 14.0 Å². The van der Waals surface area contributed by atoms with Gasteiger partial charge in [0.25, 0.3) is 0 Å². The number of nitrogens with one attached hydrogen (secondary N) is 2. The lowest BCUT2D eigenvalue weighted by molar-refractivity contribution is 0.232. The summed E-state index contributed by atoms with van der Waals surface area (Å²) in [7, 11) is 1.76. The van der Waals surface area contributed by atoms with E-state index in [-0.39, 0.29) is 0 Å². The number of guanidine groups is 1. The number of nitrogens with zero attached hydrogens (tertiary/aromatic N) is 4. The third-order valence-corrected chi connectivity index (χ3v) is 3.38. The monoisotopic (exact) mass is 280 g/mol. The van der Waals surface area contributed by atoms with Crippen molar-refractivity contribution in [3.05, 3.63) is 11.7 Å². The minimum Gasteiger partial charge on any atom is -0.355 e. The number of aliphatic imine (C=N–C) groups is 1. The second-order valence-electron chi connectivity index (χ2n) is 4.98. The average Bonchev–Trinajstić information content (AvgIpc) is 2.89. The van der Waals surface area contributed by atoms with E-state index in [1.165, 1.54) is 32.4 Å². The molecule has 0 atom stereocenters. The number of rotatable bonds is 5. The highest BCUT2D eigenvalue weighted by molar-refractivity contribution is 5.79. The van der Waals surface area contributed by atoms with Gasteiger partial charge >= 0.3 is 0 Å². The molecule has 0 aromatic carbocycles. The molecule has 1 saturated heterocycles. The van der Waals surface area contributed by atoms with Crippen molar-refractivity contribution in [2.45, 2.75) is 32.7 Å². The Labute approximate surface area is 119 Å². The van der Waals surface area contributed by atoms with Crippen molar-refractivity contribution in [2.24, 2.45) is 4.99 Å². The summed E-state index contributed by atoms with van der Waals surface area (Å²) in [6.45, 7) is 6.68. The fourth-order valence-corrected chi connectivity index (χ4v) is 2.31. The van der Waals surface area contributed by atoms with Gasteiger partial charge in [0.05, 0.1) is 6.54 Å². The van der Waals surface area contributed by atoms with Crippen LogP contribution in [-0.4, -0.2) is 54.2 Å². The van der Waals surface area contributed by atoms with Crippen LogP contribution in [0.3, 0.4) is 0 Å². The van der Waals surface area contributed by atoms with Crippen molar-refractivity contribution in [1.82, 2.24) is 25.7 Å². The Morgan fingerprint density at radius 3 is 2.75 bits per heavy atom. The third-order valence-electron chi connectivity index (χ3n) is 3.38. The van der Waals surface area contributed by atoms with Gasteiger partial charge in [-0.15, -0.1) is 0 Å². The standard InChI is InChI=1S/C13H24N6O/c1-11-17-12(18-20-11)10-16-13(14-2)15-6-9-19-7-4-3-5-8-19/h3-10H2,1-2H3,(H2,14,15,16). The fraction of sp³-hybridized carbons (Fsp3) is 0.769. The van der Waals surface area contributed by atoms with Crippen LogP contribution in [0.1, 0.15) is 31.0 Å². The highest BCUT2D eigenvalue weighted by Gasteiger charge is 2.09. The predicted octanol–water partition coefficient (Wildman–Crippen LogP) is 0.529. The van der Waals surface area contributed by atoms with Crippen LogP contribution >= 0.6 is 0 Å². The zero-order valence-corrected chi connectivity index (χ0v) is 12.4. The maximum Gasteiger partial charge on any atom is 0.223 e. The molecule has 0 aliphatic carbocycles. The summed E-state index contributed by atoms with van der Waals surface area (Å²) >= 11 is 0. The van der Waals surface area contributed by atoms with E-state index in [0.717, 1.165) is 19.0 Å². The van der Waals surface area contributed by atoms with Gasteiger partial charge in [-0.2, -0.15) is 4.98 Å². The highest BCUT2D eigenvalue weighted by atomic mass is 16.5. The third kappa shape index (κ3) is 4.80. The van der Waals surface area contributed by atoms with Crippen LogP contribution in [-0.2, 0) is 6.54 Å². The van der Waals surface area contributed by atoms with Gasteiger partial charge in [0.1, 0.15) is 0 Å². The summed E-state index contributed by atoms with van der Waals surface area (Å²) in [6, 6.07) is 0. The van der Waals surface area contributed by atoms with E-state index in [0.29, 0.717) is 18.3 Å². The van der Waals surface area contributed by atoms with Gasteiger partial charge in [-0.05, 0) is 25.9 Å². The normalized spacial score (nSPS) is 17.2. The molecule has 7 nitrogen and oxygen atoms in total. The minimum atomic E-state index is 0.515. The summed E-state index contributed by atoms with van der Waals surface area (Å²) < 4.78 is 4.92. The number of likely N-dealkylation sites (tertiary alicyclic amines) is 1. The van der Waals surface area contributed by atoms with Gasteiger partial charge < -0.3 is 20.1 Å². The molecule has 1 aliphatic rings. The van der Waals surface area contributed by atoms with E-state index in [2.05, 4.69) is 30.7 Å². The smallest absolute Gasteiger partial charge is 0.223 e. The van der Waals surface area contributed by atoms with Crippen molar-refractivity contribution in [1.29, 1.82) is 0 Å². The van der Waals surface area contributed by atoms with Crippen LogP contribution in [0, 0.1) is 6.92 Å². The zero-order valence-electron chi connectivity index (χ0n) is 12.4. The Bertz CT molecular complexity index is 424. The maximum absolute atomic E-state index is 4.92. The van der Waals surface area contributed by atoms with Crippen molar-refractivity contribution in [3.63, 3.8) is 0 Å². The highest BCUT2D eigenvalue weighted by Crippen LogP contribution is 2.07. The molecule has 2 N–H and O–H groups in total. The molecule has 2 heterocycles. The first kappa shape index (κ1) is 14.8. The molecule has 0 amide bonds. The van der Waals surface area contributed by atoms with Crippen LogP contribution in [0.4, 0.5) is 0 Å². The summed E-state index contributed by atoms with van der Waals surface area (Å²) in [4.78, 5) is 10.8. The first-order chi connectivity index (χ1) is 9.78. The summed E-state index contributed by atoms with van der Waals surface area (Å²) in [6.07, 6.45) is 4.02. The second-order valence-corrected chi connectivity index (χ2v) is 4.98. The van der Waals surface area contributed by atoms with Gasteiger partial charge in [0.15, 0.2) is 11.8 Å². The molecule has 7 heteroatoms. The number of aromatic nitrogens is 2. The molecule has 0 bridgehead atoms. The number of piperidine rings is 1. The Balaban J connectivity index is 1.64. The Morgan fingerprint density at radius 1 is 1.30 bits per heavy atom. The molecule has 0 saturated carbocycles. The van der Waals surface area contributed by atoms with Crippen LogP contribution < -0.4 is 10.6 Å². The quantitative estimate of drug-likeness (QED) is 0.605. The fourth-order valence-electron chi connectivity index (χ4n) is 2.31. The molecule has 0 unspecified atom stereocenters. The Morgan fingerprint density at radius 2 is 2.10 bits per heavy atom. The van der Waals surface area contributed by atoms with Crippen molar-refractivity contribution < 1.29 is 4.52 Å². The van der Waals surface area contributed by atoms with Crippen molar-refractivity contribution >= 4 is 5.96 Å². The topological polar surface area (TPSA) is 78.6 Å². The van der Waals surface area contributed by atoms with Crippen molar-refractivity contribution in [3.8, 4) is 0 Å². The Kier molecular flexibility index (Phi) is 5.79. The molecule has 20 heavy (non-hydrogen) atoms. The lowest BCUT2D eigenvalue weighted by Crippen LogP contribution is -2.42. The van der Waals surface area contributed by atoms with Gasteiger partial charge in [0.2, 0.25) is 5.89 Å². The Hall–Kier alpha value is -1.63. The predicted molar refractivity (Wildman–Crippen MR) is 77.5 cm³/mol. The molecule has 112 valence electrons. The van der Waals surface area contributed by atoms with E-state index in [1.807, 2.05) is 0 Å². The largest absolute Gasteiger partial charge is 0.355 e. The van der Waals surface area contributed by atoms with Gasteiger partial charge in [-0.3, -0.25) is 4.99 Å². The van der Waals surface area contributed by atoms with Gasteiger partial charge in [-0.25, -0.2) is 0 Å². The lowest BCUT2D eigenvalue weighted by atomic mass is 10.1. The molecule has 1 fully saturated rings. The number of hydrogen-bond acceptors (Lipinski definition) is 5. The molecule has 0 spiro atoms. The first-order valence-corrected chi connectivity index (χ1v) is 7.24. The van der Waals surface area contributed by atoms with E-state index < -0.39 is 0 Å². The summed E-state index contributed by atoms with van der Waals surface area (Å²) in [5.41, 5.74) is 0. The molecule has 1 aromatic rings. The van der Waals surface area contributed by atoms with Crippen LogP contribution in [0.2, 0.25) is 0 Å². The SMILES string of the molecule is CN=C(NCCN1CCCCC1)NCc1noc(C)n1. The molecule has 1 aliphatic heterocycles. The van der Waals surface area contributed by atoms with E-state index in [4.69, 9.17) is 4.52 Å². The van der Waals surface area contributed by atoms with Crippen LogP contribution in [0.5, 0.6) is 0 Å². The molecular formula is C13H24N6O. The molecule has 2 rings (SSSR count). The zero-order chi connectivity index (χ0) is 14.2. The maximum atomic E-state index is 4.92. The molecular weight excluding hydrogens is 256 g/mol. The second kappa shape index (κ2) is 7.84. The van der Waals surface area contributed by atoms with E-state index in [9.17, 15) is 0 Å². The first-order valence-electron chi connectivity index (χ1n) is 7.24. The number of hydrogen-bond donors (Lipinski definition) is 2. The summed E-state index contributed by atoms with van der Waals surface area (Å²) in [5, 5.41) is 10.3. The van der Waals surface area contributed by atoms with E-state index >= 15 is 0 Å². The van der Waals surface area contributed by atoms with Gasteiger partial charge in [-0.1, -0.05) is 11.6 Å². The minimum absolute atomic E-state index is 0.515. The molecule has 0 radical (unpaired) electrons. The number of aryl methyl sites for hydroxylation is 1. The lowest BCUT2D eigenvalue weighted by Gasteiger charge is -2.26. The van der Waals surface area contributed by atoms with Crippen LogP contribution in [0.25, 0.3) is 0 Å². The molecule has 1 aromatic heterocycles. The van der Waals surface area contributed by atoms with Crippen molar-refractivity contribution in [2.75, 3.05) is 33.2 Å². The average molecular weight is 280 g/mol.